The minimum Gasteiger partial charge on any atom is -0.457 e. The Morgan fingerprint density at radius 1 is 1.08 bits per heavy atom. The van der Waals surface area contributed by atoms with E-state index in [-0.39, 0.29) is 11.8 Å². The lowest BCUT2D eigenvalue weighted by atomic mass is 9.85. The highest BCUT2D eigenvalue weighted by molar-refractivity contribution is 7.98. The summed E-state index contributed by atoms with van der Waals surface area (Å²) in [6.45, 7) is 2.04. The molecule has 1 amide bonds. The monoisotopic (exact) mass is 499 g/mol. The van der Waals surface area contributed by atoms with E-state index in [9.17, 15) is 4.79 Å². The molecule has 0 saturated carbocycles. The molecule has 36 heavy (non-hydrogen) atoms. The molecule has 0 bridgehead atoms. The van der Waals surface area contributed by atoms with Gasteiger partial charge in [0.05, 0.1) is 18.6 Å². The van der Waals surface area contributed by atoms with Crippen molar-refractivity contribution in [1.82, 2.24) is 9.55 Å². The summed E-state index contributed by atoms with van der Waals surface area (Å²) in [6.07, 6.45) is 8.81. The minimum absolute atomic E-state index is 0.0276. The van der Waals surface area contributed by atoms with E-state index in [1.54, 1.807) is 18.0 Å². The Bertz CT molecular complexity index is 1280. The number of fused-ring (bicyclic) bond motifs is 2. The van der Waals surface area contributed by atoms with Gasteiger partial charge in [-0.25, -0.2) is 4.98 Å². The number of nitrogens with zero attached hydrogens (tertiary/aromatic N) is 2. The van der Waals surface area contributed by atoms with Crippen molar-refractivity contribution in [3.8, 4) is 11.5 Å². The summed E-state index contributed by atoms with van der Waals surface area (Å²) in [5.74, 6) is 1.53. The fraction of sp³-hybridized carbons (Fsp3) is 0.241. The largest absolute Gasteiger partial charge is 0.457 e. The Balaban J connectivity index is 1.24. The molecule has 7 heteroatoms. The third kappa shape index (κ3) is 5.64. The van der Waals surface area contributed by atoms with Gasteiger partial charge in [-0.15, -0.1) is 11.8 Å². The van der Waals surface area contributed by atoms with Gasteiger partial charge in [0.1, 0.15) is 11.5 Å². The number of carbonyl (C=O) groups excluding carboxylic acids is 1. The first-order valence-electron chi connectivity index (χ1n) is 12.1. The average molecular weight is 500 g/mol. The van der Waals surface area contributed by atoms with Crippen molar-refractivity contribution in [3.63, 3.8) is 0 Å². The van der Waals surface area contributed by atoms with Gasteiger partial charge in [0.2, 0.25) is 5.91 Å². The molecular weight excluding hydrogens is 470 g/mol. The number of rotatable bonds is 10. The highest BCUT2D eigenvalue weighted by atomic mass is 32.2. The molecule has 0 atom stereocenters. The van der Waals surface area contributed by atoms with Crippen LogP contribution >= 0.6 is 11.8 Å². The van der Waals surface area contributed by atoms with E-state index in [2.05, 4.69) is 16.4 Å². The first-order valence-corrected chi connectivity index (χ1v) is 13.3. The van der Waals surface area contributed by atoms with E-state index in [1.807, 2.05) is 84.0 Å². The van der Waals surface area contributed by atoms with Gasteiger partial charge in [0.25, 0.3) is 0 Å². The maximum Gasteiger partial charge on any atom is 0.225 e. The standard InChI is InChI=1S/C29H29N3O3S/c1-36-28-12-11-21(19-34-16-6-14-32-15-13-30-20-32)17-25(28)31-29(33)18-24-22-7-2-4-9-26(22)35-27-10-5-3-8-23(24)27/h2-5,7-13,15,17,20,24H,6,14,16,18-19H2,1H3,(H,31,33). The lowest BCUT2D eigenvalue weighted by molar-refractivity contribution is -0.116. The van der Waals surface area contributed by atoms with Gasteiger partial charge in [0, 0.05) is 53.9 Å². The molecule has 3 aromatic carbocycles. The molecular formula is C29H29N3O3S. The number of aryl methyl sites for hydroxylation is 1. The first-order chi connectivity index (χ1) is 17.7. The summed E-state index contributed by atoms with van der Waals surface area (Å²) in [7, 11) is 0. The predicted molar refractivity (Wildman–Crippen MR) is 143 cm³/mol. The second-order valence-electron chi connectivity index (χ2n) is 8.72. The quantitative estimate of drug-likeness (QED) is 0.200. The lowest BCUT2D eigenvalue weighted by Crippen LogP contribution is -2.19. The highest BCUT2D eigenvalue weighted by Crippen LogP contribution is 2.45. The Hall–Kier alpha value is -3.55. The average Bonchev–Trinajstić information content (AvgIpc) is 3.42. The normalized spacial score (nSPS) is 12.5. The summed E-state index contributed by atoms with van der Waals surface area (Å²) >= 11 is 1.62. The van der Waals surface area contributed by atoms with Crippen LogP contribution in [0, 0.1) is 0 Å². The van der Waals surface area contributed by atoms with Crippen molar-refractivity contribution in [2.75, 3.05) is 18.2 Å². The minimum atomic E-state index is -0.0640. The van der Waals surface area contributed by atoms with Crippen molar-refractivity contribution in [3.05, 3.63) is 102 Å². The van der Waals surface area contributed by atoms with Gasteiger partial charge in [-0.1, -0.05) is 42.5 Å². The maximum absolute atomic E-state index is 13.3. The van der Waals surface area contributed by atoms with E-state index in [0.717, 1.165) is 51.7 Å². The number of aromatic nitrogens is 2. The summed E-state index contributed by atoms with van der Waals surface area (Å²) < 4.78 is 14.0. The number of amides is 1. The molecule has 0 fully saturated rings. The number of carbonyl (C=O) groups is 1. The fourth-order valence-corrected chi connectivity index (χ4v) is 5.05. The van der Waals surface area contributed by atoms with Crippen molar-refractivity contribution in [2.24, 2.45) is 0 Å². The van der Waals surface area contributed by atoms with Crippen LogP contribution in [0.25, 0.3) is 0 Å². The predicted octanol–water partition coefficient (Wildman–Crippen LogP) is 6.48. The van der Waals surface area contributed by atoms with Crippen LogP contribution in [0.2, 0.25) is 0 Å². The Labute approximate surface area is 215 Å². The number of hydrogen-bond acceptors (Lipinski definition) is 5. The van der Waals surface area contributed by atoms with Crippen LogP contribution in [0.5, 0.6) is 11.5 Å². The van der Waals surface area contributed by atoms with E-state index in [0.29, 0.717) is 19.6 Å². The second-order valence-corrected chi connectivity index (χ2v) is 9.57. The fourth-order valence-electron chi connectivity index (χ4n) is 4.52. The van der Waals surface area contributed by atoms with Gasteiger partial charge in [-0.05, 0) is 42.5 Å². The van der Waals surface area contributed by atoms with Gasteiger partial charge in [0.15, 0.2) is 0 Å². The van der Waals surface area contributed by atoms with Crippen molar-refractivity contribution >= 4 is 23.4 Å². The Kier molecular flexibility index (Phi) is 7.69. The van der Waals surface area contributed by atoms with E-state index in [1.165, 1.54) is 0 Å². The number of anilines is 1. The number of ether oxygens (including phenoxy) is 2. The van der Waals surface area contributed by atoms with Crippen molar-refractivity contribution in [1.29, 1.82) is 0 Å². The molecule has 1 aliphatic rings. The smallest absolute Gasteiger partial charge is 0.225 e. The molecule has 0 spiro atoms. The second kappa shape index (κ2) is 11.5. The lowest BCUT2D eigenvalue weighted by Gasteiger charge is -2.28. The third-order valence-electron chi connectivity index (χ3n) is 6.27. The molecule has 2 heterocycles. The van der Waals surface area contributed by atoms with Crippen LogP contribution < -0.4 is 10.1 Å². The third-order valence-corrected chi connectivity index (χ3v) is 7.06. The van der Waals surface area contributed by atoms with E-state index in [4.69, 9.17) is 9.47 Å². The summed E-state index contributed by atoms with van der Waals surface area (Å²) in [4.78, 5) is 18.4. The van der Waals surface area contributed by atoms with Gasteiger partial charge >= 0.3 is 0 Å². The molecule has 0 aliphatic carbocycles. The Morgan fingerprint density at radius 2 is 1.83 bits per heavy atom. The molecule has 1 N–H and O–H groups in total. The van der Waals surface area contributed by atoms with Crippen molar-refractivity contribution < 1.29 is 14.3 Å². The summed E-state index contributed by atoms with van der Waals surface area (Å²) in [6, 6.07) is 22.0. The van der Waals surface area contributed by atoms with Crippen LogP contribution in [0.1, 0.15) is 35.4 Å². The molecule has 1 aromatic heterocycles. The van der Waals surface area contributed by atoms with Gasteiger partial charge in [-0.3, -0.25) is 4.79 Å². The SMILES string of the molecule is CSc1ccc(COCCCn2ccnc2)cc1NC(=O)CC1c2ccccc2Oc2ccccc21. The highest BCUT2D eigenvalue weighted by Gasteiger charge is 2.28. The zero-order valence-corrected chi connectivity index (χ0v) is 21.0. The zero-order chi connectivity index (χ0) is 24.7. The molecule has 184 valence electrons. The number of thioether (sulfide) groups is 1. The van der Waals surface area contributed by atoms with Crippen LogP contribution in [-0.4, -0.2) is 28.3 Å². The first kappa shape index (κ1) is 24.2. The number of nitrogens with one attached hydrogen (secondary N) is 1. The number of para-hydroxylation sites is 2. The molecule has 1 aliphatic heterocycles. The zero-order valence-electron chi connectivity index (χ0n) is 20.2. The summed E-state index contributed by atoms with van der Waals surface area (Å²) in [5, 5.41) is 3.16. The topological polar surface area (TPSA) is 65.4 Å². The molecule has 0 unspecified atom stereocenters. The summed E-state index contributed by atoms with van der Waals surface area (Å²) in [5.41, 5.74) is 3.93. The maximum atomic E-state index is 13.3. The molecule has 6 nitrogen and oxygen atoms in total. The number of imidazole rings is 1. The van der Waals surface area contributed by atoms with Crippen LogP contribution in [0.3, 0.4) is 0 Å². The molecule has 5 rings (SSSR count). The van der Waals surface area contributed by atoms with Crippen LogP contribution in [0.15, 0.2) is 90.3 Å². The molecule has 4 aromatic rings. The van der Waals surface area contributed by atoms with Crippen LogP contribution in [0.4, 0.5) is 5.69 Å². The molecule has 0 radical (unpaired) electrons. The van der Waals surface area contributed by atoms with Crippen LogP contribution in [-0.2, 0) is 22.7 Å². The van der Waals surface area contributed by atoms with Gasteiger partial charge < -0.3 is 19.4 Å². The number of benzene rings is 3. The van der Waals surface area contributed by atoms with Gasteiger partial charge in [-0.2, -0.15) is 0 Å². The van der Waals surface area contributed by atoms with Crippen molar-refractivity contribution in [2.45, 2.75) is 36.8 Å². The molecule has 0 saturated heterocycles. The van der Waals surface area contributed by atoms with E-state index < -0.39 is 0 Å². The number of hydrogen-bond donors (Lipinski definition) is 1. The Morgan fingerprint density at radius 3 is 2.53 bits per heavy atom. The van der Waals surface area contributed by atoms with E-state index >= 15 is 0 Å².